The van der Waals surface area contributed by atoms with Crippen molar-refractivity contribution in [2.75, 3.05) is 25.4 Å². The minimum Gasteiger partial charge on any atom is -0.396 e. The lowest BCUT2D eigenvalue weighted by Crippen LogP contribution is -2.31. The number of nitrogens with zero attached hydrogens (tertiary/aromatic N) is 1. The second kappa shape index (κ2) is 6.50. The van der Waals surface area contributed by atoms with Crippen LogP contribution in [0.4, 0.5) is 0 Å². The van der Waals surface area contributed by atoms with E-state index in [1.807, 2.05) is 30.3 Å². The Labute approximate surface area is 115 Å². The van der Waals surface area contributed by atoms with Crippen LogP contribution < -0.4 is 0 Å². The number of aliphatic hydroxyl groups excluding tert-OH is 1. The van der Waals surface area contributed by atoms with Crippen LogP contribution in [0.2, 0.25) is 0 Å². The average Bonchev–Trinajstić information content (AvgIpc) is 2.88. The number of sulfonamides is 1. The van der Waals surface area contributed by atoms with E-state index in [1.54, 1.807) is 4.31 Å². The molecule has 1 N–H and O–H groups in total. The molecule has 1 fully saturated rings. The van der Waals surface area contributed by atoms with Gasteiger partial charge < -0.3 is 5.11 Å². The molecule has 1 aliphatic rings. The maximum Gasteiger partial charge on any atom is 0.214 e. The Morgan fingerprint density at radius 3 is 2.68 bits per heavy atom. The molecule has 1 heterocycles. The van der Waals surface area contributed by atoms with E-state index in [-0.39, 0.29) is 12.4 Å². The Morgan fingerprint density at radius 2 is 2.00 bits per heavy atom. The van der Waals surface area contributed by atoms with Crippen molar-refractivity contribution in [3.8, 4) is 0 Å². The summed E-state index contributed by atoms with van der Waals surface area (Å²) in [6, 6.07) is 9.68. The van der Waals surface area contributed by atoms with Gasteiger partial charge in [0.15, 0.2) is 0 Å². The summed E-state index contributed by atoms with van der Waals surface area (Å²) >= 11 is 0. The van der Waals surface area contributed by atoms with Gasteiger partial charge in [0.1, 0.15) is 0 Å². The molecule has 1 aliphatic heterocycles. The molecule has 4 nitrogen and oxygen atoms in total. The number of hydrogen-bond acceptors (Lipinski definition) is 3. The van der Waals surface area contributed by atoms with Crippen molar-refractivity contribution in [1.29, 1.82) is 0 Å². The van der Waals surface area contributed by atoms with E-state index in [0.717, 1.165) is 12.0 Å². The summed E-state index contributed by atoms with van der Waals surface area (Å²) in [4.78, 5) is 0. The van der Waals surface area contributed by atoms with Gasteiger partial charge in [0, 0.05) is 19.7 Å². The van der Waals surface area contributed by atoms with E-state index in [1.165, 1.54) is 0 Å². The van der Waals surface area contributed by atoms with Crippen LogP contribution in [-0.4, -0.2) is 43.3 Å². The minimum absolute atomic E-state index is 0.141. The van der Waals surface area contributed by atoms with E-state index in [4.69, 9.17) is 5.11 Å². The lowest BCUT2D eigenvalue weighted by Gasteiger charge is -2.16. The van der Waals surface area contributed by atoms with Gasteiger partial charge in [0.25, 0.3) is 0 Å². The first-order valence-electron chi connectivity index (χ1n) is 6.74. The highest BCUT2D eigenvalue weighted by Gasteiger charge is 2.30. The summed E-state index contributed by atoms with van der Waals surface area (Å²) < 4.78 is 26.0. The molecule has 0 spiro atoms. The molecule has 1 saturated heterocycles. The monoisotopic (exact) mass is 283 g/mol. The fourth-order valence-electron chi connectivity index (χ4n) is 2.49. The molecule has 106 valence electrons. The van der Waals surface area contributed by atoms with Gasteiger partial charge in [-0.25, -0.2) is 12.7 Å². The first-order valence-corrected chi connectivity index (χ1v) is 8.35. The van der Waals surface area contributed by atoms with Crippen molar-refractivity contribution in [3.63, 3.8) is 0 Å². The Morgan fingerprint density at radius 1 is 1.26 bits per heavy atom. The van der Waals surface area contributed by atoms with Gasteiger partial charge in [-0.3, -0.25) is 0 Å². The highest BCUT2D eigenvalue weighted by Crippen LogP contribution is 2.22. The molecule has 0 aromatic heterocycles. The van der Waals surface area contributed by atoms with Crippen LogP contribution in [0.3, 0.4) is 0 Å². The van der Waals surface area contributed by atoms with Gasteiger partial charge in [-0.05, 0) is 30.7 Å². The van der Waals surface area contributed by atoms with Gasteiger partial charge in [-0.1, -0.05) is 30.3 Å². The molecule has 0 radical (unpaired) electrons. The standard InChI is InChI=1S/C14H21NO3S/c16-10-7-14-6-9-15(12-14)19(17,18)11-8-13-4-2-1-3-5-13/h1-5,14,16H,6-12H2. The van der Waals surface area contributed by atoms with Crippen LogP contribution in [0, 0.1) is 5.92 Å². The number of benzene rings is 1. The highest BCUT2D eigenvalue weighted by atomic mass is 32.2. The fourth-order valence-corrected chi connectivity index (χ4v) is 4.06. The Balaban J connectivity index is 1.89. The molecule has 5 heteroatoms. The fraction of sp³-hybridized carbons (Fsp3) is 0.571. The van der Waals surface area contributed by atoms with E-state index in [2.05, 4.69) is 0 Å². The van der Waals surface area contributed by atoms with Crippen molar-refractivity contribution in [3.05, 3.63) is 35.9 Å². The second-order valence-corrected chi connectivity index (χ2v) is 7.17. The molecule has 1 aromatic carbocycles. The normalized spacial score (nSPS) is 20.8. The van der Waals surface area contributed by atoms with Crippen LogP contribution in [-0.2, 0) is 16.4 Å². The van der Waals surface area contributed by atoms with Gasteiger partial charge in [-0.15, -0.1) is 0 Å². The third-order valence-electron chi connectivity index (χ3n) is 3.67. The lowest BCUT2D eigenvalue weighted by molar-refractivity contribution is 0.259. The molecular weight excluding hydrogens is 262 g/mol. The zero-order valence-corrected chi connectivity index (χ0v) is 11.8. The zero-order valence-electron chi connectivity index (χ0n) is 11.0. The number of aryl methyl sites for hydroxylation is 1. The second-order valence-electron chi connectivity index (χ2n) is 5.08. The lowest BCUT2D eigenvalue weighted by atomic mass is 10.1. The molecule has 1 atom stereocenters. The van der Waals surface area contributed by atoms with Gasteiger partial charge in [0.2, 0.25) is 10.0 Å². The third kappa shape index (κ3) is 4.03. The van der Waals surface area contributed by atoms with Crippen LogP contribution >= 0.6 is 0 Å². The number of rotatable bonds is 6. The maximum atomic E-state index is 12.2. The van der Waals surface area contributed by atoms with Crippen LogP contribution in [0.15, 0.2) is 30.3 Å². The summed E-state index contributed by atoms with van der Waals surface area (Å²) in [5.74, 6) is 0.486. The number of hydrogen-bond donors (Lipinski definition) is 1. The minimum atomic E-state index is -3.16. The maximum absolute atomic E-state index is 12.2. The number of aliphatic hydroxyl groups is 1. The third-order valence-corrected chi connectivity index (χ3v) is 5.51. The van der Waals surface area contributed by atoms with E-state index in [9.17, 15) is 8.42 Å². The van der Waals surface area contributed by atoms with Crippen molar-refractivity contribution in [2.24, 2.45) is 5.92 Å². The van der Waals surface area contributed by atoms with Gasteiger partial charge in [-0.2, -0.15) is 0 Å². The predicted octanol–water partition coefficient (Wildman–Crippen LogP) is 1.26. The molecule has 0 amide bonds. The predicted molar refractivity (Wildman–Crippen MR) is 75.3 cm³/mol. The SMILES string of the molecule is O=S(=O)(CCc1ccccc1)N1CCC(CCO)C1. The Hall–Kier alpha value is -0.910. The zero-order chi connectivity index (χ0) is 13.7. The molecule has 1 unspecified atom stereocenters. The van der Waals surface area contributed by atoms with Crippen molar-refractivity contribution in [1.82, 2.24) is 4.31 Å². The molecule has 0 aliphatic carbocycles. The molecular formula is C14H21NO3S. The Bertz CT molecular complexity index is 487. The molecule has 0 bridgehead atoms. The summed E-state index contributed by atoms with van der Waals surface area (Å²) in [5.41, 5.74) is 1.05. The van der Waals surface area contributed by atoms with Crippen molar-refractivity contribution < 1.29 is 13.5 Å². The molecule has 1 aromatic rings. The molecule has 0 saturated carbocycles. The largest absolute Gasteiger partial charge is 0.396 e. The van der Waals surface area contributed by atoms with Gasteiger partial charge in [0.05, 0.1) is 5.75 Å². The molecule has 2 rings (SSSR count). The highest BCUT2D eigenvalue weighted by molar-refractivity contribution is 7.89. The molecule has 19 heavy (non-hydrogen) atoms. The Kier molecular flexibility index (Phi) is 4.96. The van der Waals surface area contributed by atoms with Crippen molar-refractivity contribution >= 4 is 10.0 Å². The quantitative estimate of drug-likeness (QED) is 0.855. The first kappa shape index (κ1) is 14.5. The summed E-state index contributed by atoms with van der Waals surface area (Å²) in [5, 5.41) is 8.90. The van der Waals surface area contributed by atoms with Crippen LogP contribution in [0.25, 0.3) is 0 Å². The van der Waals surface area contributed by atoms with Gasteiger partial charge >= 0.3 is 0 Å². The summed E-state index contributed by atoms with van der Waals surface area (Å²) in [6.45, 7) is 1.31. The van der Waals surface area contributed by atoms with Crippen molar-refractivity contribution in [2.45, 2.75) is 19.3 Å². The van der Waals surface area contributed by atoms with Crippen LogP contribution in [0.5, 0.6) is 0 Å². The van der Waals surface area contributed by atoms with E-state index in [0.29, 0.717) is 31.8 Å². The first-order chi connectivity index (χ1) is 9.12. The summed E-state index contributed by atoms with van der Waals surface area (Å²) in [7, 11) is -3.16. The van der Waals surface area contributed by atoms with E-state index < -0.39 is 10.0 Å². The smallest absolute Gasteiger partial charge is 0.214 e. The summed E-state index contributed by atoms with van der Waals surface area (Å²) in [6.07, 6.45) is 2.13. The average molecular weight is 283 g/mol. The van der Waals surface area contributed by atoms with E-state index >= 15 is 0 Å². The topological polar surface area (TPSA) is 57.6 Å². The van der Waals surface area contributed by atoms with Crippen LogP contribution in [0.1, 0.15) is 18.4 Å².